The summed E-state index contributed by atoms with van der Waals surface area (Å²) < 4.78 is 0. The van der Waals surface area contributed by atoms with Crippen LogP contribution in [0.1, 0.15) is 19.8 Å². The molecule has 0 aliphatic rings. The average molecular weight is 158 g/mol. The van der Waals surface area contributed by atoms with Gasteiger partial charge >= 0.3 is 0 Å². The summed E-state index contributed by atoms with van der Waals surface area (Å²) in [5, 5.41) is 2.76. The Morgan fingerprint density at radius 2 is 2.00 bits per heavy atom. The van der Waals surface area contributed by atoms with Gasteiger partial charge in [-0.3, -0.25) is 4.79 Å². The van der Waals surface area contributed by atoms with Gasteiger partial charge in [0.25, 0.3) is 0 Å². The van der Waals surface area contributed by atoms with Crippen molar-refractivity contribution in [1.82, 2.24) is 10.2 Å². The van der Waals surface area contributed by atoms with E-state index < -0.39 is 0 Å². The molecule has 0 saturated carbocycles. The number of rotatable bonds is 5. The van der Waals surface area contributed by atoms with Gasteiger partial charge in [-0.05, 0) is 33.5 Å². The highest BCUT2D eigenvalue weighted by molar-refractivity contribution is 5.72. The van der Waals surface area contributed by atoms with Crippen molar-refractivity contribution in [3.8, 4) is 0 Å². The summed E-state index contributed by atoms with van der Waals surface area (Å²) in [7, 11) is 4.11. The van der Waals surface area contributed by atoms with Crippen molar-refractivity contribution in [1.29, 1.82) is 0 Å². The first kappa shape index (κ1) is 10.4. The molecule has 0 aromatic heterocycles. The fourth-order valence-corrected chi connectivity index (χ4v) is 0.817. The Hall–Kier alpha value is -0.570. The molecular weight excluding hydrogens is 140 g/mol. The Morgan fingerprint density at radius 3 is 2.45 bits per heavy atom. The molecule has 3 nitrogen and oxygen atoms in total. The molecule has 1 N–H and O–H groups in total. The molecule has 0 aliphatic heterocycles. The molecule has 0 aromatic carbocycles. The van der Waals surface area contributed by atoms with Crippen LogP contribution in [0.4, 0.5) is 0 Å². The smallest absolute Gasteiger partial charge is 0.216 e. The van der Waals surface area contributed by atoms with Crippen LogP contribution in [-0.2, 0) is 4.79 Å². The van der Waals surface area contributed by atoms with Crippen LogP contribution in [0.3, 0.4) is 0 Å². The Labute approximate surface area is 68.8 Å². The van der Waals surface area contributed by atoms with E-state index >= 15 is 0 Å². The van der Waals surface area contributed by atoms with Gasteiger partial charge in [0.05, 0.1) is 0 Å². The van der Waals surface area contributed by atoms with Crippen molar-refractivity contribution in [3.63, 3.8) is 0 Å². The van der Waals surface area contributed by atoms with Crippen LogP contribution in [0.15, 0.2) is 0 Å². The van der Waals surface area contributed by atoms with Gasteiger partial charge < -0.3 is 10.2 Å². The SMILES string of the molecule is CC(=O)NCCCCN(C)C. The third-order valence-corrected chi connectivity index (χ3v) is 1.41. The number of amides is 1. The van der Waals surface area contributed by atoms with E-state index in [1.165, 1.54) is 0 Å². The highest BCUT2D eigenvalue weighted by Gasteiger charge is 1.92. The number of hydrogen-bond acceptors (Lipinski definition) is 2. The molecular formula is C8H18N2O. The molecule has 0 atom stereocenters. The zero-order valence-corrected chi connectivity index (χ0v) is 7.68. The predicted octanol–water partition coefficient (Wildman–Crippen LogP) is 0.464. The second-order valence-corrected chi connectivity index (χ2v) is 2.99. The summed E-state index contributed by atoms with van der Waals surface area (Å²) >= 11 is 0. The minimum absolute atomic E-state index is 0.0647. The number of carbonyl (C=O) groups is 1. The topological polar surface area (TPSA) is 32.3 Å². The summed E-state index contributed by atoms with van der Waals surface area (Å²) in [6.07, 6.45) is 2.21. The lowest BCUT2D eigenvalue weighted by Crippen LogP contribution is -2.22. The van der Waals surface area contributed by atoms with Crippen LogP contribution < -0.4 is 5.32 Å². The number of carbonyl (C=O) groups excluding carboxylic acids is 1. The molecule has 0 saturated heterocycles. The van der Waals surface area contributed by atoms with Crippen molar-refractivity contribution in [2.45, 2.75) is 19.8 Å². The summed E-state index contributed by atoms with van der Waals surface area (Å²) in [4.78, 5) is 12.6. The molecule has 0 bridgehead atoms. The molecule has 1 amide bonds. The molecule has 0 aromatic rings. The highest BCUT2D eigenvalue weighted by Crippen LogP contribution is 1.88. The molecule has 11 heavy (non-hydrogen) atoms. The van der Waals surface area contributed by atoms with Crippen molar-refractivity contribution in [3.05, 3.63) is 0 Å². The quantitative estimate of drug-likeness (QED) is 0.590. The first-order chi connectivity index (χ1) is 5.13. The van der Waals surface area contributed by atoms with E-state index in [1.807, 2.05) is 0 Å². The highest BCUT2D eigenvalue weighted by atomic mass is 16.1. The van der Waals surface area contributed by atoms with Crippen LogP contribution in [0.25, 0.3) is 0 Å². The summed E-state index contributed by atoms with van der Waals surface area (Å²) in [5.74, 6) is 0.0647. The van der Waals surface area contributed by atoms with Crippen LogP contribution in [0.5, 0.6) is 0 Å². The Kier molecular flexibility index (Phi) is 5.84. The van der Waals surface area contributed by atoms with Crippen molar-refractivity contribution >= 4 is 5.91 Å². The van der Waals surface area contributed by atoms with Crippen molar-refractivity contribution in [2.24, 2.45) is 0 Å². The third-order valence-electron chi connectivity index (χ3n) is 1.41. The van der Waals surface area contributed by atoms with Gasteiger partial charge in [0.15, 0.2) is 0 Å². The standard InChI is InChI=1S/C8H18N2O/c1-8(11)9-6-4-5-7-10(2)3/h4-7H2,1-3H3,(H,9,11). The molecule has 0 fully saturated rings. The van der Waals surface area contributed by atoms with Gasteiger partial charge in [-0.1, -0.05) is 0 Å². The maximum Gasteiger partial charge on any atom is 0.216 e. The Morgan fingerprint density at radius 1 is 1.36 bits per heavy atom. The maximum absolute atomic E-state index is 10.4. The molecule has 0 spiro atoms. The average Bonchev–Trinajstić information content (AvgIpc) is 1.85. The largest absolute Gasteiger partial charge is 0.356 e. The van der Waals surface area contributed by atoms with E-state index in [1.54, 1.807) is 6.92 Å². The second kappa shape index (κ2) is 6.16. The molecule has 3 heteroatoms. The number of hydrogen-bond donors (Lipinski definition) is 1. The molecule has 0 heterocycles. The van der Waals surface area contributed by atoms with Gasteiger partial charge in [-0.25, -0.2) is 0 Å². The van der Waals surface area contributed by atoms with Crippen LogP contribution in [-0.4, -0.2) is 38.0 Å². The van der Waals surface area contributed by atoms with E-state index in [0.717, 1.165) is 25.9 Å². The molecule has 0 aliphatic carbocycles. The fourth-order valence-electron chi connectivity index (χ4n) is 0.817. The Balaban J connectivity index is 2.97. The normalized spacial score (nSPS) is 10.2. The summed E-state index contributed by atoms with van der Waals surface area (Å²) in [5.41, 5.74) is 0. The van der Waals surface area contributed by atoms with Gasteiger partial charge in [0.1, 0.15) is 0 Å². The number of unbranched alkanes of at least 4 members (excludes halogenated alkanes) is 1. The van der Waals surface area contributed by atoms with Gasteiger partial charge in [-0.2, -0.15) is 0 Å². The zero-order valence-electron chi connectivity index (χ0n) is 7.68. The lowest BCUT2D eigenvalue weighted by Gasteiger charge is -2.08. The molecule has 0 unspecified atom stereocenters. The minimum Gasteiger partial charge on any atom is -0.356 e. The van der Waals surface area contributed by atoms with Gasteiger partial charge in [-0.15, -0.1) is 0 Å². The third kappa shape index (κ3) is 9.43. The maximum atomic E-state index is 10.4. The lowest BCUT2D eigenvalue weighted by atomic mass is 10.3. The summed E-state index contributed by atoms with van der Waals surface area (Å²) in [6, 6.07) is 0. The molecule has 0 radical (unpaired) electrons. The minimum atomic E-state index is 0.0647. The first-order valence-corrected chi connectivity index (χ1v) is 4.02. The van der Waals surface area contributed by atoms with Crippen LogP contribution in [0, 0.1) is 0 Å². The fraction of sp³-hybridized carbons (Fsp3) is 0.875. The van der Waals surface area contributed by atoms with Crippen LogP contribution in [0.2, 0.25) is 0 Å². The number of nitrogens with one attached hydrogen (secondary N) is 1. The number of nitrogens with zero attached hydrogens (tertiary/aromatic N) is 1. The second-order valence-electron chi connectivity index (χ2n) is 2.99. The first-order valence-electron chi connectivity index (χ1n) is 4.02. The van der Waals surface area contributed by atoms with Crippen LogP contribution >= 0.6 is 0 Å². The van der Waals surface area contributed by atoms with E-state index in [4.69, 9.17) is 0 Å². The van der Waals surface area contributed by atoms with E-state index in [9.17, 15) is 4.79 Å². The van der Waals surface area contributed by atoms with Gasteiger partial charge in [0, 0.05) is 13.5 Å². The van der Waals surface area contributed by atoms with E-state index in [0.29, 0.717) is 0 Å². The lowest BCUT2D eigenvalue weighted by molar-refractivity contribution is -0.118. The van der Waals surface area contributed by atoms with Crippen molar-refractivity contribution in [2.75, 3.05) is 27.2 Å². The molecule has 0 rings (SSSR count). The van der Waals surface area contributed by atoms with E-state index in [2.05, 4.69) is 24.3 Å². The van der Waals surface area contributed by atoms with Crippen molar-refractivity contribution < 1.29 is 4.79 Å². The van der Waals surface area contributed by atoms with E-state index in [-0.39, 0.29) is 5.91 Å². The van der Waals surface area contributed by atoms with Gasteiger partial charge in [0.2, 0.25) is 5.91 Å². The Bertz CT molecular complexity index is 113. The molecule has 66 valence electrons. The predicted molar refractivity (Wildman–Crippen MR) is 46.5 cm³/mol. The monoisotopic (exact) mass is 158 g/mol. The zero-order chi connectivity index (χ0) is 8.69. The summed E-state index contributed by atoms with van der Waals surface area (Å²) in [6.45, 7) is 3.45.